The van der Waals surface area contributed by atoms with E-state index in [-0.39, 0.29) is 17.9 Å². The highest BCUT2D eigenvalue weighted by atomic mass is 16.4. The van der Waals surface area contributed by atoms with Crippen molar-refractivity contribution in [2.75, 3.05) is 24.7 Å². The Hall–Kier alpha value is -4.31. The maximum absolute atomic E-state index is 12.4. The monoisotopic (exact) mass is 475 g/mol. The van der Waals surface area contributed by atoms with Gasteiger partial charge in [0.1, 0.15) is 11.9 Å². The van der Waals surface area contributed by atoms with Gasteiger partial charge < -0.3 is 21.1 Å². The molecule has 1 heterocycles. The summed E-state index contributed by atoms with van der Waals surface area (Å²) in [5.74, 6) is 7.21. The Balaban J connectivity index is 1.65. The Labute approximate surface area is 204 Å². The van der Waals surface area contributed by atoms with Gasteiger partial charge in [0, 0.05) is 31.7 Å². The molecule has 0 radical (unpaired) electrons. The molecule has 0 aliphatic heterocycles. The van der Waals surface area contributed by atoms with Gasteiger partial charge in [0.15, 0.2) is 0 Å². The summed E-state index contributed by atoms with van der Waals surface area (Å²) in [6, 6.07) is 8.35. The van der Waals surface area contributed by atoms with Crippen LogP contribution in [-0.4, -0.2) is 58.2 Å². The maximum Gasteiger partial charge on any atom is 0.407 e. The first kappa shape index (κ1) is 25.3. The van der Waals surface area contributed by atoms with Gasteiger partial charge in [-0.15, -0.1) is 0 Å². The summed E-state index contributed by atoms with van der Waals surface area (Å²) in [7, 11) is 3.14. The quantitative estimate of drug-likeness (QED) is 0.467. The SMILES string of the molecule is CNc1nc(Nc2cccc(C#N)c2)ncc1C#C[C@@H]1CCC[C@H](NC(=O)[C@H](C)N(C)C(=O)O)C1. The fourth-order valence-corrected chi connectivity index (χ4v) is 3.81. The van der Waals surface area contributed by atoms with E-state index in [2.05, 4.69) is 43.8 Å². The van der Waals surface area contributed by atoms with Crippen LogP contribution in [0, 0.1) is 29.1 Å². The summed E-state index contributed by atoms with van der Waals surface area (Å²) in [6.07, 6.45) is 3.90. The molecule has 1 aliphatic carbocycles. The topological polar surface area (TPSA) is 143 Å². The van der Waals surface area contributed by atoms with Gasteiger partial charge in [-0.25, -0.2) is 9.78 Å². The van der Waals surface area contributed by atoms with Gasteiger partial charge in [-0.05, 0) is 44.4 Å². The predicted octanol–water partition coefficient (Wildman–Crippen LogP) is 3.16. The Morgan fingerprint density at radius 3 is 2.83 bits per heavy atom. The summed E-state index contributed by atoms with van der Waals surface area (Å²) in [6.45, 7) is 1.57. The molecule has 35 heavy (non-hydrogen) atoms. The summed E-state index contributed by atoms with van der Waals surface area (Å²) in [5.41, 5.74) is 1.91. The number of aromatic nitrogens is 2. The number of nitriles is 1. The van der Waals surface area contributed by atoms with Gasteiger partial charge in [-0.1, -0.05) is 24.3 Å². The van der Waals surface area contributed by atoms with Crippen molar-refractivity contribution in [2.24, 2.45) is 5.92 Å². The van der Waals surface area contributed by atoms with Crippen molar-refractivity contribution >= 4 is 29.5 Å². The Morgan fingerprint density at radius 2 is 2.11 bits per heavy atom. The lowest BCUT2D eigenvalue weighted by Gasteiger charge is -2.29. The van der Waals surface area contributed by atoms with Crippen LogP contribution in [0.25, 0.3) is 0 Å². The van der Waals surface area contributed by atoms with Crippen LogP contribution in [0.1, 0.15) is 43.7 Å². The Bertz CT molecular complexity index is 1180. The highest BCUT2D eigenvalue weighted by molar-refractivity contribution is 5.85. The lowest BCUT2D eigenvalue weighted by Crippen LogP contribution is -2.49. The highest BCUT2D eigenvalue weighted by Crippen LogP contribution is 2.25. The van der Waals surface area contributed by atoms with Crippen molar-refractivity contribution in [3.8, 4) is 17.9 Å². The second-order valence-corrected chi connectivity index (χ2v) is 8.43. The average Bonchev–Trinajstić information content (AvgIpc) is 2.87. The van der Waals surface area contributed by atoms with E-state index >= 15 is 0 Å². The Morgan fingerprint density at radius 1 is 1.31 bits per heavy atom. The zero-order valence-electron chi connectivity index (χ0n) is 20.0. The standard InChI is InChI=1S/C25H29N7O3/c1-16(32(3)25(34)35)23(33)29-20-8-4-6-17(12-20)10-11-19-15-28-24(31-22(19)27-2)30-21-9-5-7-18(13-21)14-26/h5,7,9,13,15-17,20H,4,6,8,12H2,1-3H3,(H,29,33)(H,34,35)(H2,27,28,30,31)/t16-,17-,20-/m0/s1. The van der Waals surface area contributed by atoms with E-state index < -0.39 is 12.1 Å². The van der Waals surface area contributed by atoms with Crippen LogP contribution in [0.3, 0.4) is 0 Å². The number of benzene rings is 1. The number of rotatable bonds is 6. The summed E-state index contributed by atoms with van der Waals surface area (Å²) < 4.78 is 0. The molecule has 10 nitrogen and oxygen atoms in total. The molecule has 1 aliphatic rings. The molecular weight excluding hydrogens is 446 g/mol. The number of carbonyl (C=O) groups is 2. The van der Waals surface area contributed by atoms with Crippen LogP contribution in [0.4, 0.5) is 22.2 Å². The van der Waals surface area contributed by atoms with Gasteiger partial charge in [0.05, 0.1) is 23.4 Å². The van der Waals surface area contributed by atoms with Crippen LogP contribution >= 0.6 is 0 Å². The molecule has 3 atom stereocenters. The molecule has 2 aromatic rings. The third-order valence-corrected chi connectivity index (χ3v) is 5.97. The minimum atomic E-state index is -1.14. The van der Waals surface area contributed by atoms with Crippen LogP contribution < -0.4 is 16.0 Å². The first-order chi connectivity index (χ1) is 16.8. The van der Waals surface area contributed by atoms with E-state index in [1.165, 1.54) is 7.05 Å². The fourth-order valence-electron chi connectivity index (χ4n) is 3.81. The molecule has 1 saturated carbocycles. The summed E-state index contributed by atoms with van der Waals surface area (Å²) in [4.78, 5) is 33.3. The summed E-state index contributed by atoms with van der Waals surface area (Å²) >= 11 is 0. The molecule has 2 amide bonds. The summed E-state index contributed by atoms with van der Waals surface area (Å²) in [5, 5.41) is 27.2. The Kier molecular flexibility index (Phi) is 8.47. The van der Waals surface area contributed by atoms with E-state index in [1.807, 2.05) is 6.07 Å². The molecule has 182 valence electrons. The van der Waals surface area contributed by atoms with Gasteiger partial charge in [0.2, 0.25) is 11.9 Å². The third kappa shape index (κ3) is 6.84. The van der Waals surface area contributed by atoms with Crippen molar-refractivity contribution in [1.29, 1.82) is 5.26 Å². The number of hydrogen-bond acceptors (Lipinski definition) is 7. The second kappa shape index (κ2) is 11.7. The van der Waals surface area contributed by atoms with Crippen molar-refractivity contribution in [3.63, 3.8) is 0 Å². The van der Waals surface area contributed by atoms with E-state index in [4.69, 9.17) is 10.4 Å². The molecule has 3 rings (SSSR count). The molecule has 0 spiro atoms. The average molecular weight is 476 g/mol. The lowest BCUT2D eigenvalue weighted by molar-refractivity contribution is -0.125. The normalized spacial score (nSPS) is 17.7. The van der Waals surface area contributed by atoms with Gasteiger partial charge in [-0.2, -0.15) is 10.2 Å². The zero-order chi connectivity index (χ0) is 25.4. The van der Waals surface area contributed by atoms with Crippen LogP contribution in [-0.2, 0) is 4.79 Å². The van der Waals surface area contributed by atoms with Crippen molar-refractivity contribution in [2.45, 2.75) is 44.7 Å². The number of hydrogen-bond donors (Lipinski definition) is 4. The number of nitrogens with zero attached hydrogens (tertiary/aromatic N) is 4. The predicted molar refractivity (Wildman–Crippen MR) is 132 cm³/mol. The highest BCUT2D eigenvalue weighted by Gasteiger charge is 2.27. The first-order valence-electron chi connectivity index (χ1n) is 11.4. The largest absolute Gasteiger partial charge is 0.465 e. The minimum Gasteiger partial charge on any atom is -0.465 e. The smallest absolute Gasteiger partial charge is 0.407 e. The third-order valence-electron chi connectivity index (χ3n) is 5.97. The molecule has 0 saturated heterocycles. The maximum atomic E-state index is 12.4. The molecular formula is C25H29N7O3. The van der Waals surface area contributed by atoms with Crippen molar-refractivity contribution in [3.05, 3.63) is 41.6 Å². The van der Waals surface area contributed by atoms with Crippen LogP contribution in [0.5, 0.6) is 0 Å². The molecule has 1 aromatic carbocycles. The minimum absolute atomic E-state index is 0.0454. The number of amides is 2. The zero-order valence-corrected chi connectivity index (χ0v) is 20.0. The van der Waals surface area contributed by atoms with Crippen LogP contribution in [0.2, 0.25) is 0 Å². The van der Waals surface area contributed by atoms with Crippen molar-refractivity contribution < 1.29 is 14.7 Å². The number of carboxylic acid groups (broad SMARTS) is 1. The van der Waals surface area contributed by atoms with E-state index in [0.717, 1.165) is 24.2 Å². The van der Waals surface area contributed by atoms with Gasteiger partial charge in [0.25, 0.3) is 0 Å². The number of nitrogens with one attached hydrogen (secondary N) is 3. The molecule has 4 N–H and O–H groups in total. The first-order valence-corrected chi connectivity index (χ1v) is 11.4. The van der Waals surface area contributed by atoms with Crippen molar-refractivity contribution in [1.82, 2.24) is 20.2 Å². The molecule has 0 bridgehead atoms. The molecule has 1 aromatic heterocycles. The van der Waals surface area contributed by atoms with Gasteiger partial charge >= 0.3 is 6.09 Å². The fraction of sp³-hybridized carbons (Fsp3) is 0.400. The molecule has 10 heteroatoms. The van der Waals surface area contributed by atoms with E-state index in [9.17, 15) is 9.59 Å². The van der Waals surface area contributed by atoms with E-state index in [0.29, 0.717) is 35.0 Å². The number of anilines is 3. The number of likely N-dealkylation sites (N-methyl/N-ethyl adjacent to an activating group) is 1. The lowest BCUT2D eigenvalue weighted by atomic mass is 9.86. The van der Waals surface area contributed by atoms with Crippen LogP contribution in [0.15, 0.2) is 30.5 Å². The second-order valence-electron chi connectivity index (χ2n) is 8.43. The molecule has 0 unspecified atom stereocenters. The molecule has 1 fully saturated rings. The number of carbonyl (C=O) groups excluding carboxylic acids is 1. The van der Waals surface area contributed by atoms with Gasteiger partial charge in [-0.3, -0.25) is 9.69 Å². The van der Waals surface area contributed by atoms with E-state index in [1.54, 1.807) is 38.4 Å².